The van der Waals surface area contributed by atoms with Gasteiger partial charge in [0.1, 0.15) is 12.4 Å². The van der Waals surface area contributed by atoms with Crippen molar-refractivity contribution in [3.05, 3.63) is 29.8 Å². The molecule has 22 heavy (non-hydrogen) atoms. The maximum absolute atomic E-state index is 13.4. The molecule has 1 amide bonds. The lowest BCUT2D eigenvalue weighted by Crippen LogP contribution is -2.46. The summed E-state index contributed by atoms with van der Waals surface area (Å²) in [6, 6.07) is 2.16. The molecule has 1 rings (SSSR count). The van der Waals surface area contributed by atoms with E-state index in [1.54, 1.807) is 6.92 Å². The molecular formula is C15H23ClF2N2O2. The maximum atomic E-state index is 13.4. The summed E-state index contributed by atoms with van der Waals surface area (Å²) >= 11 is 0. The molecule has 1 unspecified atom stereocenters. The van der Waals surface area contributed by atoms with Gasteiger partial charge in [0.25, 0.3) is 0 Å². The Kier molecular flexibility index (Phi) is 8.97. The van der Waals surface area contributed by atoms with Gasteiger partial charge in [0.2, 0.25) is 5.91 Å². The van der Waals surface area contributed by atoms with Gasteiger partial charge in [-0.1, -0.05) is 13.8 Å². The normalized spacial score (nSPS) is 13.2. The molecule has 3 N–H and O–H groups in total. The quantitative estimate of drug-likeness (QED) is 0.804. The average Bonchev–Trinajstić information content (AvgIpc) is 2.36. The van der Waals surface area contributed by atoms with Crippen LogP contribution in [-0.4, -0.2) is 24.6 Å². The van der Waals surface area contributed by atoms with Crippen molar-refractivity contribution in [3.8, 4) is 5.75 Å². The van der Waals surface area contributed by atoms with E-state index in [0.717, 1.165) is 12.1 Å². The standard InChI is InChI=1S/C15H22F2N2O2.ClH/c1-9(2)6-13(18)15(20)19-10(3)8-21-14-5-4-11(16)7-12(14)17;/h4-5,7,9-10,13H,6,8,18H2,1-3H3,(H,19,20);1H/t10?,13-;/m0./s1. The third-order valence-electron chi connectivity index (χ3n) is 2.83. The second kappa shape index (κ2) is 9.58. The fourth-order valence-corrected chi connectivity index (χ4v) is 1.81. The van der Waals surface area contributed by atoms with E-state index in [9.17, 15) is 13.6 Å². The molecule has 0 aliphatic heterocycles. The van der Waals surface area contributed by atoms with Crippen LogP contribution in [0.25, 0.3) is 0 Å². The lowest BCUT2D eigenvalue weighted by molar-refractivity contribution is -0.123. The van der Waals surface area contributed by atoms with Gasteiger partial charge in [-0.2, -0.15) is 0 Å². The summed E-state index contributed by atoms with van der Waals surface area (Å²) in [5.41, 5.74) is 5.76. The number of nitrogens with one attached hydrogen (secondary N) is 1. The molecule has 2 atom stereocenters. The van der Waals surface area contributed by atoms with Gasteiger partial charge in [-0.05, 0) is 31.4 Å². The molecule has 0 aromatic heterocycles. The van der Waals surface area contributed by atoms with Crippen LogP contribution < -0.4 is 15.8 Å². The molecule has 4 nitrogen and oxygen atoms in total. The van der Waals surface area contributed by atoms with E-state index in [-0.39, 0.29) is 36.7 Å². The van der Waals surface area contributed by atoms with Gasteiger partial charge < -0.3 is 15.8 Å². The minimum absolute atomic E-state index is 0. The molecule has 1 aromatic carbocycles. The van der Waals surface area contributed by atoms with E-state index in [2.05, 4.69) is 5.32 Å². The van der Waals surface area contributed by atoms with E-state index >= 15 is 0 Å². The lowest BCUT2D eigenvalue weighted by Gasteiger charge is -2.19. The fourth-order valence-electron chi connectivity index (χ4n) is 1.81. The Morgan fingerprint density at radius 3 is 2.50 bits per heavy atom. The largest absolute Gasteiger partial charge is 0.488 e. The fraction of sp³-hybridized carbons (Fsp3) is 0.533. The van der Waals surface area contributed by atoms with Gasteiger partial charge in [0.05, 0.1) is 12.1 Å². The number of hydrogen-bond donors (Lipinski definition) is 2. The van der Waals surface area contributed by atoms with Crippen LogP contribution in [0.5, 0.6) is 5.75 Å². The van der Waals surface area contributed by atoms with Gasteiger partial charge in [0.15, 0.2) is 11.6 Å². The SMILES string of the molecule is CC(C)C[C@H](N)C(=O)NC(C)COc1ccc(F)cc1F.Cl. The Morgan fingerprint density at radius 1 is 1.32 bits per heavy atom. The minimum Gasteiger partial charge on any atom is -0.488 e. The minimum atomic E-state index is -0.773. The molecule has 0 saturated heterocycles. The molecular weight excluding hydrogens is 314 g/mol. The summed E-state index contributed by atoms with van der Waals surface area (Å²) in [6.45, 7) is 5.76. The number of carbonyl (C=O) groups excluding carboxylic acids is 1. The molecule has 1 aromatic rings. The van der Waals surface area contributed by atoms with Crippen LogP contribution >= 0.6 is 12.4 Å². The number of amides is 1. The Labute approximate surface area is 135 Å². The third kappa shape index (κ3) is 7.04. The van der Waals surface area contributed by atoms with Gasteiger partial charge in [0, 0.05) is 6.07 Å². The molecule has 0 heterocycles. The molecule has 0 saturated carbocycles. The first kappa shape index (κ1) is 20.6. The van der Waals surface area contributed by atoms with Crippen molar-refractivity contribution in [1.82, 2.24) is 5.32 Å². The summed E-state index contributed by atoms with van der Waals surface area (Å²) in [5.74, 6) is -1.43. The van der Waals surface area contributed by atoms with Crippen molar-refractivity contribution >= 4 is 18.3 Å². The van der Waals surface area contributed by atoms with Gasteiger partial charge in [-0.25, -0.2) is 8.78 Å². The summed E-state index contributed by atoms with van der Waals surface area (Å²) in [7, 11) is 0. The van der Waals surface area contributed by atoms with Gasteiger partial charge in [-0.15, -0.1) is 12.4 Å². The first-order chi connectivity index (χ1) is 9.79. The van der Waals surface area contributed by atoms with E-state index in [4.69, 9.17) is 10.5 Å². The predicted octanol–water partition coefficient (Wildman–Crippen LogP) is 2.64. The molecule has 7 heteroatoms. The average molecular weight is 337 g/mol. The van der Waals surface area contributed by atoms with Crippen molar-refractivity contribution in [2.45, 2.75) is 39.3 Å². The van der Waals surface area contributed by atoms with Crippen LogP contribution in [0.2, 0.25) is 0 Å². The Morgan fingerprint density at radius 2 is 1.95 bits per heavy atom. The van der Waals surface area contributed by atoms with Crippen molar-refractivity contribution in [2.24, 2.45) is 11.7 Å². The van der Waals surface area contributed by atoms with Crippen LogP contribution in [0.1, 0.15) is 27.2 Å². The van der Waals surface area contributed by atoms with E-state index in [1.165, 1.54) is 6.07 Å². The molecule has 0 radical (unpaired) electrons. The molecule has 0 aliphatic rings. The summed E-state index contributed by atoms with van der Waals surface area (Å²) in [6.07, 6.45) is 0.589. The van der Waals surface area contributed by atoms with E-state index in [1.807, 2.05) is 13.8 Å². The number of nitrogens with two attached hydrogens (primary N) is 1. The van der Waals surface area contributed by atoms with E-state index < -0.39 is 17.7 Å². The lowest BCUT2D eigenvalue weighted by atomic mass is 10.0. The number of hydrogen-bond acceptors (Lipinski definition) is 3. The van der Waals surface area contributed by atoms with Gasteiger partial charge in [-0.3, -0.25) is 4.79 Å². The van der Waals surface area contributed by atoms with Crippen LogP contribution in [-0.2, 0) is 4.79 Å². The number of ether oxygens (including phenoxy) is 1. The van der Waals surface area contributed by atoms with Crippen LogP contribution in [0.15, 0.2) is 18.2 Å². The predicted molar refractivity (Wildman–Crippen MR) is 84.1 cm³/mol. The zero-order chi connectivity index (χ0) is 16.0. The van der Waals surface area contributed by atoms with Crippen LogP contribution in [0.3, 0.4) is 0 Å². The zero-order valence-electron chi connectivity index (χ0n) is 12.9. The number of benzene rings is 1. The highest BCUT2D eigenvalue weighted by Gasteiger charge is 2.17. The van der Waals surface area contributed by atoms with Crippen LogP contribution in [0, 0.1) is 17.6 Å². The van der Waals surface area contributed by atoms with Gasteiger partial charge >= 0.3 is 0 Å². The third-order valence-corrected chi connectivity index (χ3v) is 2.83. The smallest absolute Gasteiger partial charge is 0.237 e. The summed E-state index contributed by atoms with van der Waals surface area (Å²) < 4.78 is 31.3. The highest BCUT2D eigenvalue weighted by atomic mass is 35.5. The molecule has 0 spiro atoms. The number of rotatable bonds is 7. The van der Waals surface area contributed by atoms with Crippen molar-refractivity contribution in [1.29, 1.82) is 0 Å². The molecule has 0 bridgehead atoms. The second-order valence-corrected chi connectivity index (χ2v) is 5.53. The number of halogens is 3. The Balaban J connectivity index is 0.00000441. The maximum Gasteiger partial charge on any atom is 0.237 e. The summed E-state index contributed by atoms with van der Waals surface area (Å²) in [4.78, 5) is 11.8. The topological polar surface area (TPSA) is 64.4 Å². The molecule has 0 aliphatic carbocycles. The van der Waals surface area contributed by atoms with Crippen molar-refractivity contribution < 1.29 is 18.3 Å². The first-order valence-electron chi connectivity index (χ1n) is 6.93. The Hall–Kier alpha value is -1.40. The van der Waals surface area contributed by atoms with Crippen LogP contribution in [0.4, 0.5) is 8.78 Å². The summed E-state index contributed by atoms with van der Waals surface area (Å²) in [5, 5.41) is 2.70. The molecule has 0 fully saturated rings. The van der Waals surface area contributed by atoms with Crippen molar-refractivity contribution in [3.63, 3.8) is 0 Å². The number of carbonyl (C=O) groups is 1. The highest BCUT2D eigenvalue weighted by Crippen LogP contribution is 2.17. The molecule has 126 valence electrons. The highest BCUT2D eigenvalue weighted by molar-refractivity contribution is 5.85. The Bertz CT molecular complexity index is 487. The second-order valence-electron chi connectivity index (χ2n) is 5.53. The zero-order valence-corrected chi connectivity index (χ0v) is 13.8. The van der Waals surface area contributed by atoms with E-state index in [0.29, 0.717) is 12.3 Å². The first-order valence-corrected chi connectivity index (χ1v) is 6.93. The van der Waals surface area contributed by atoms with Crippen molar-refractivity contribution in [2.75, 3.05) is 6.61 Å². The monoisotopic (exact) mass is 336 g/mol.